The second-order valence-corrected chi connectivity index (χ2v) is 5.84. The smallest absolute Gasteiger partial charge is 0.407 e. The van der Waals surface area contributed by atoms with E-state index in [9.17, 15) is 13.6 Å². The number of hydrogen-bond acceptors (Lipinski definition) is 2. The van der Waals surface area contributed by atoms with Gasteiger partial charge < -0.3 is 10.1 Å². The summed E-state index contributed by atoms with van der Waals surface area (Å²) in [6.45, 7) is 3.66. The van der Waals surface area contributed by atoms with Crippen molar-refractivity contribution in [3.05, 3.63) is 33.8 Å². The lowest BCUT2D eigenvalue weighted by atomic mass is 9.80. The summed E-state index contributed by atoms with van der Waals surface area (Å²) in [5.41, 5.74) is -0.733. The molecule has 1 saturated heterocycles. The number of alkyl carbamates (subject to hydrolysis) is 1. The summed E-state index contributed by atoms with van der Waals surface area (Å²) in [5.74, 6) is -1.38. The molecule has 1 N–H and O–H groups in total. The molecule has 1 amide bonds. The van der Waals surface area contributed by atoms with Gasteiger partial charge >= 0.3 is 6.09 Å². The minimum absolute atomic E-state index is 0. The van der Waals surface area contributed by atoms with Crippen LogP contribution in [0.25, 0.3) is 0 Å². The van der Waals surface area contributed by atoms with Crippen LogP contribution in [0.4, 0.5) is 13.6 Å². The van der Waals surface area contributed by atoms with E-state index in [-0.39, 0.29) is 24.6 Å². The zero-order valence-electron chi connectivity index (χ0n) is 10.3. The van der Waals surface area contributed by atoms with Gasteiger partial charge in [-0.1, -0.05) is 29.8 Å². The fourth-order valence-electron chi connectivity index (χ4n) is 1.98. The van der Waals surface area contributed by atoms with E-state index < -0.39 is 29.2 Å². The van der Waals surface area contributed by atoms with Gasteiger partial charge in [-0.3, -0.25) is 0 Å². The van der Waals surface area contributed by atoms with E-state index in [4.69, 9.17) is 4.74 Å². The van der Waals surface area contributed by atoms with Crippen molar-refractivity contribution in [1.29, 1.82) is 0 Å². The predicted molar refractivity (Wildman–Crippen MR) is 72.3 cm³/mol. The Hall–Kier alpha value is -0.880. The number of carbonyl (C=O) groups is 1. The van der Waals surface area contributed by atoms with E-state index in [0.29, 0.717) is 4.47 Å². The lowest BCUT2D eigenvalue weighted by Crippen LogP contribution is -2.47. The van der Waals surface area contributed by atoms with Gasteiger partial charge in [0.2, 0.25) is 0 Å². The van der Waals surface area contributed by atoms with Gasteiger partial charge in [0.25, 0.3) is 0 Å². The molecule has 106 valence electrons. The van der Waals surface area contributed by atoms with Crippen molar-refractivity contribution in [2.45, 2.75) is 19.9 Å². The Kier molecular flexibility index (Phi) is 4.79. The highest BCUT2D eigenvalue weighted by molar-refractivity contribution is 9.10. The Bertz CT molecular complexity index is 487. The first-order valence-electron chi connectivity index (χ1n) is 5.39. The van der Waals surface area contributed by atoms with Crippen LogP contribution < -0.4 is 5.32 Å². The third-order valence-corrected chi connectivity index (χ3v) is 3.41. The Balaban J connectivity index is 0.00000180. The van der Waals surface area contributed by atoms with E-state index >= 15 is 0 Å². The highest BCUT2D eigenvalue weighted by Gasteiger charge is 2.40. The Labute approximate surface area is 124 Å². The molecule has 19 heavy (non-hydrogen) atoms. The van der Waals surface area contributed by atoms with Crippen molar-refractivity contribution >= 4 is 34.4 Å². The first-order valence-corrected chi connectivity index (χ1v) is 6.18. The summed E-state index contributed by atoms with van der Waals surface area (Å²) < 4.78 is 33.0. The molecule has 1 atom stereocenters. The van der Waals surface area contributed by atoms with Gasteiger partial charge in [0.1, 0.15) is 18.2 Å². The SMILES string of the molecule is CC1(C)COC(=O)N[C@H]1c1c(F)cc(Br)cc1F.Cl. The molecule has 0 spiro atoms. The zero-order chi connectivity index (χ0) is 13.5. The van der Waals surface area contributed by atoms with E-state index in [1.165, 1.54) is 12.1 Å². The maximum absolute atomic E-state index is 13.9. The monoisotopic (exact) mass is 355 g/mol. The summed E-state index contributed by atoms with van der Waals surface area (Å²) in [7, 11) is 0. The van der Waals surface area contributed by atoms with Crippen molar-refractivity contribution in [1.82, 2.24) is 5.32 Å². The topological polar surface area (TPSA) is 38.3 Å². The second kappa shape index (κ2) is 5.63. The Morgan fingerprint density at radius 2 is 1.89 bits per heavy atom. The standard InChI is InChI=1S/C12H12BrF2NO2.ClH/c1-12(2)5-18-11(17)16-10(12)9-7(14)3-6(13)4-8(9)15;/h3-4,10H,5H2,1-2H3,(H,16,17);1H/t10-;/m0./s1. The summed E-state index contributed by atoms with van der Waals surface area (Å²) >= 11 is 3.02. The first-order chi connectivity index (χ1) is 8.31. The van der Waals surface area contributed by atoms with Crippen molar-refractivity contribution in [3.63, 3.8) is 0 Å². The fourth-order valence-corrected chi connectivity index (χ4v) is 2.38. The molecule has 0 aromatic heterocycles. The highest BCUT2D eigenvalue weighted by atomic mass is 79.9. The van der Waals surface area contributed by atoms with Crippen molar-refractivity contribution in [2.24, 2.45) is 5.41 Å². The predicted octanol–water partition coefficient (Wildman–Crippen LogP) is 3.96. The van der Waals surface area contributed by atoms with Crippen molar-refractivity contribution in [3.8, 4) is 0 Å². The van der Waals surface area contributed by atoms with Crippen LogP contribution in [0.3, 0.4) is 0 Å². The second-order valence-electron chi connectivity index (χ2n) is 4.93. The summed E-state index contributed by atoms with van der Waals surface area (Å²) in [6, 6.07) is 1.60. The normalized spacial score (nSPS) is 21.1. The number of ether oxygens (including phenoxy) is 1. The quantitative estimate of drug-likeness (QED) is 0.827. The molecular formula is C12H13BrClF2NO2. The molecule has 1 aromatic carbocycles. The number of amides is 1. The minimum Gasteiger partial charge on any atom is -0.449 e. The molecule has 0 saturated carbocycles. The van der Waals surface area contributed by atoms with Gasteiger partial charge in [-0.25, -0.2) is 13.6 Å². The van der Waals surface area contributed by atoms with Crippen LogP contribution in [0.5, 0.6) is 0 Å². The van der Waals surface area contributed by atoms with Crippen LogP contribution in [0.15, 0.2) is 16.6 Å². The van der Waals surface area contributed by atoms with E-state index in [1.807, 2.05) is 0 Å². The molecule has 1 heterocycles. The van der Waals surface area contributed by atoms with Crippen molar-refractivity contribution in [2.75, 3.05) is 6.61 Å². The first kappa shape index (κ1) is 16.2. The molecule has 0 unspecified atom stereocenters. The van der Waals surface area contributed by atoms with Gasteiger partial charge in [0, 0.05) is 15.5 Å². The van der Waals surface area contributed by atoms with Gasteiger partial charge in [0.05, 0.1) is 6.04 Å². The minimum atomic E-state index is -0.758. The molecule has 1 fully saturated rings. The van der Waals surface area contributed by atoms with E-state index in [1.54, 1.807) is 13.8 Å². The Morgan fingerprint density at radius 1 is 1.37 bits per heavy atom. The number of halogens is 4. The zero-order valence-corrected chi connectivity index (χ0v) is 12.7. The van der Waals surface area contributed by atoms with E-state index in [2.05, 4.69) is 21.2 Å². The van der Waals surface area contributed by atoms with Gasteiger partial charge in [0.15, 0.2) is 0 Å². The lowest BCUT2D eigenvalue weighted by molar-refractivity contribution is 0.0367. The number of hydrogen-bond donors (Lipinski definition) is 1. The number of carbonyl (C=O) groups excluding carboxylic acids is 1. The number of benzene rings is 1. The number of cyclic esters (lactones) is 1. The molecule has 3 nitrogen and oxygen atoms in total. The van der Waals surface area contributed by atoms with Crippen molar-refractivity contribution < 1.29 is 18.3 Å². The maximum atomic E-state index is 13.9. The van der Waals surface area contributed by atoms with Crippen LogP contribution >= 0.6 is 28.3 Å². The van der Waals surface area contributed by atoms with Gasteiger partial charge in [-0.05, 0) is 12.1 Å². The van der Waals surface area contributed by atoms with Gasteiger partial charge in [-0.2, -0.15) is 0 Å². The lowest BCUT2D eigenvalue weighted by Gasteiger charge is -2.38. The van der Waals surface area contributed by atoms with Crippen LogP contribution in [0.2, 0.25) is 0 Å². The molecule has 2 rings (SSSR count). The average molecular weight is 357 g/mol. The molecule has 1 aliphatic rings. The maximum Gasteiger partial charge on any atom is 0.407 e. The third-order valence-electron chi connectivity index (χ3n) is 2.95. The number of rotatable bonds is 1. The van der Waals surface area contributed by atoms with Gasteiger partial charge in [-0.15, -0.1) is 12.4 Å². The molecule has 1 aromatic rings. The molecule has 7 heteroatoms. The summed E-state index contributed by atoms with van der Waals surface area (Å²) in [5, 5.41) is 2.47. The average Bonchev–Trinajstić information content (AvgIpc) is 2.22. The fraction of sp³-hybridized carbons (Fsp3) is 0.417. The number of nitrogens with one attached hydrogen (secondary N) is 1. The van der Waals surface area contributed by atoms with Crippen LogP contribution in [0, 0.1) is 17.0 Å². The Morgan fingerprint density at radius 3 is 2.42 bits per heavy atom. The largest absolute Gasteiger partial charge is 0.449 e. The molecular weight excluding hydrogens is 343 g/mol. The summed E-state index contributed by atoms with van der Waals surface area (Å²) in [6.07, 6.45) is -0.666. The molecule has 0 bridgehead atoms. The van der Waals surface area contributed by atoms with Crippen LogP contribution in [0.1, 0.15) is 25.5 Å². The van der Waals surface area contributed by atoms with Crippen LogP contribution in [-0.4, -0.2) is 12.7 Å². The van der Waals surface area contributed by atoms with Crippen LogP contribution in [-0.2, 0) is 4.74 Å². The highest BCUT2D eigenvalue weighted by Crippen LogP contribution is 2.39. The molecule has 0 radical (unpaired) electrons. The molecule has 0 aliphatic carbocycles. The summed E-state index contributed by atoms with van der Waals surface area (Å²) in [4.78, 5) is 11.2. The molecule has 1 aliphatic heterocycles. The third kappa shape index (κ3) is 3.17. The van der Waals surface area contributed by atoms with E-state index in [0.717, 1.165) is 0 Å².